The van der Waals surface area contributed by atoms with Crippen LogP contribution in [0.2, 0.25) is 0 Å². The van der Waals surface area contributed by atoms with Crippen molar-refractivity contribution in [2.75, 3.05) is 12.4 Å². The fraction of sp³-hybridized carbons (Fsp3) is 0.0870. The van der Waals surface area contributed by atoms with Crippen molar-refractivity contribution in [1.82, 2.24) is 24.6 Å². The Kier molecular flexibility index (Phi) is 4.92. The van der Waals surface area contributed by atoms with Gasteiger partial charge in [-0.15, -0.1) is 5.10 Å². The zero-order valence-electron chi connectivity index (χ0n) is 17.1. The highest BCUT2D eigenvalue weighted by atomic mass is 16.5. The van der Waals surface area contributed by atoms with Crippen LogP contribution in [-0.2, 0) is 6.61 Å². The van der Waals surface area contributed by atoms with E-state index < -0.39 is 5.56 Å². The molecule has 2 N–H and O–H groups in total. The molecule has 0 aliphatic heterocycles. The summed E-state index contributed by atoms with van der Waals surface area (Å²) in [5.74, 6) is 1.50. The third kappa shape index (κ3) is 3.40. The van der Waals surface area contributed by atoms with Crippen molar-refractivity contribution in [3.63, 3.8) is 0 Å². The number of aliphatic hydroxyl groups is 1. The van der Waals surface area contributed by atoms with Crippen molar-refractivity contribution >= 4 is 28.2 Å². The number of ether oxygens (including phenoxy) is 1. The Morgan fingerprint density at radius 1 is 1.03 bits per heavy atom. The average molecular weight is 426 g/mol. The monoisotopic (exact) mass is 426 g/mol. The number of fused-ring (bicyclic) bond motifs is 3. The van der Waals surface area contributed by atoms with Gasteiger partial charge in [-0.05, 0) is 48.0 Å². The molecule has 0 amide bonds. The van der Waals surface area contributed by atoms with E-state index in [0.29, 0.717) is 33.9 Å². The van der Waals surface area contributed by atoms with Gasteiger partial charge in [-0.1, -0.05) is 18.2 Å². The number of nitrogens with one attached hydrogen (secondary N) is 1. The van der Waals surface area contributed by atoms with Gasteiger partial charge in [-0.3, -0.25) is 4.79 Å². The highest BCUT2D eigenvalue weighted by molar-refractivity contribution is 5.96. The molecule has 9 heteroatoms. The summed E-state index contributed by atoms with van der Waals surface area (Å²) >= 11 is 0. The van der Waals surface area contributed by atoms with Crippen molar-refractivity contribution < 1.29 is 9.84 Å². The summed E-state index contributed by atoms with van der Waals surface area (Å²) < 4.78 is 6.76. The molecule has 0 bridgehead atoms. The van der Waals surface area contributed by atoms with Crippen molar-refractivity contribution in [3.8, 4) is 17.1 Å². The van der Waals surface area contributed by atoms with E-state index in [1.165, 1.54) is 10.7 Å². The lowest BCUT2D eigenvalue weighted by Gasteiger charge is -2.09. The lowest BCUT2D eigenvalue weighted by molar-refractivity contribution is 0.283. The molecule has 5 rings (SSSR count). The van der Waals surface area contributed by atoms with Crippen molar-refractivity contribution in [1.29, 1.82) is 0 Å². The summed E-state index contributed by atoms with van der Waals surface area (Å²) in [5.41, 5.74) is 2.41. The van der Waals surface area contributed by atoms with Gasteiger partial charge in [-0.2, -0.15) is 4.52 Å². The molecule has 158 valence electrons. The fourth-order valence-electron chi connectivity index (χ4n) is 3.46. The molecular weight excluding hydrogens is 408 g/mol. The smallest absolute Gasteiger partial charge is 0.293 e. The van der Waals surface area contributed by atoms with Crippen LogP contribution in [0.5, 0.6) is 5.75 Å². The zero-order valence-corrected chi connectivity index (χ0v) is 17.1. The Morgan fingerprint density at radius 2 is 1.88 bits per heavy atom. The Balaban J connectivity index is 1.76. The molecule has 32 heavy (non-hydrogen) atoms. The molecular formula is C23H18N6O3. The summed E-state index contributed by atoms with van der Waals surface area (Å²) in [6.45, 7) is -0.171. The first-order valence-electron chi connectivity index (χ1n) is 9.84. The lowest BCUT2D eigenvalue weighted by atomic mass is 10.1. The van der Waals surface area contributed by atoms with Crippen LogP contribution in [-0.4, -0.2) is 36.8 Å². The molecule has 0 aliphatic carbocycles. The minimum absolute atomic E-state index is 0.171. The van der Waals surface area contributed by atoms with Crippen LogP contribution >= 0.6 is 0 Å². The number of benzene rings is 2. The van der Waals surface area contributed by atoms with Gasteiger partial charge in [0.15, 0.2) is 11.5 Å². The normalized spacial score (nSPS) is 11.1. The van der Waals surface area contributed by atoms with E-state index in [4.69, 9.17) is 9.72 Å². The maximum absolute atomic E-state index is 12.3. The standard InChI is InChI=1S/C23H18N6O3/c1-32-16-10-8-14(9-11-16)20-27-21-19-15(13-30)5-4-7-17(19)25-23(29(21)28-20)26-18-6-2-3-12-24-22(18)31/h2-12,30H,13H2,1H3,(H,24,25,26,31). The Bertz CT molecular complexity index is 1500. The van der Waals surface area contributed by atoms with E-state index >= 15 is 0 Å². The predicted molar refractivity (Wildman–Crippen MR) is 120 cm³/mol. The number of aliphatic hydroxyl groups excluding tert-OH is 1. The number of nitrogens with zero attached hydrogens (tertiary/aromatic N) is 5. The Labute approximate surface area is 182 Å². The number of aromatic nitrogens is 5. The van der Waals surface area contributed by atoms with Crippen molar-refractivity contribution in [2.45, 2.75) is 6.61 Å². The summed E-state index contributed by atoms with van der Waals surface area (Å²) in [4.78, 5) is 25.6. The first kappa shape index (κ1) is 19.6. The molecule has 0 atom stereocenters. The van der Waals surface area contributed by atoms with Crippen LogP contribution in [0.4, 0.5) is 11.6 Å². The molecule has 9 nitrogen and oxygen atoms in total. The number of methoxy groups -OCH3 is 1. The van der Waals surface area contributed by atoms with Crippen LogP contribution in [0, 0.1) is 0 Å². The van der Waals surface area contributed by atoms with Gasteiger partial charge in [0.1, 0.15) is 11.4 Å². The third-order valence-electron chi connectivity index (χ3n) is 5.03. The Hall–Kier alpha value is -4.37. The highest BCUT2D eigenvalue weighted by Crippen LogP contribution is 2.28. The van der Waals surface area contributed by atoms with Crippen LogP contribution in [0.1, 0.15) is 5.56 Å². The van der Waals surface area contributed by atoms with E-state index in [-0.39, 0.29) is 12.3 Å². The average Bonchev–Trinajstić information content (AvgIpc) is 3.18. The number of hydrogen-bond acceptors (Lipinski definition) is 8. The van der Waals surface area contributed by atoms with Gasteiger partial charge in [0.05, 0.1) is 24.6 Å². The molecule has 0 unspecified atom stereocenters. The first-order chi connectivity index (χ1) is 15.7. The second kappa shape index (κ2) is 8.05. The molecule has 0 aliphatic rings. The minimum atomic E-state index is -0.426. The van der Waals surface area contributed by atoms with Crippen LogP contribution in [0.15, 0.2) is 71.7 Å². The quantitative estimate of drug-likeness (QED) is 0.441. The third-order valence-corrected chi connectivity index (χ3v) is 5.03. The lowest BCUT2D eigenvalue weighted by Crippen LogP contribution is -2.12. The summed E-state index contributed by atoms with van der Waals surface area (Å²) in [7, 11) is 1.60. The van der Waals surface area contributed by atoms with Gasteiger partial charge in [-0.25, -0.2) is 15.0 Å². The number of hydrogen-bond donors (Lipinski definition) is 2. The van der Waals surface area contributed by atoms with E-state index in [1.54, 1.807) is 25.3 Å². The van der Waals surface area contributed by atoms with Crippen molar-refractivity contribution in [2.24, 2.45) is 0 Å². The first-order valence-corrected chi connectivity index (χ1v) is 9.84. The van der Waals surface area contributed by atoms with E-state index in [2.05, 4.69) is 20.4 Å². The van der Waals surface area contributed by atoms with Crippen LogP contribution < -0.4 is 15.6 Å². The van der Waals surface area contributed by atoms with E-state index in [9.17, 15) is 9.90 Å². The fourth-order valence-corrected chi connectivity index (χ4v) is 3.46. The van der Waals surface area contributed by atoms with Gasteiger partial charge in [0.2, 0.25) is 5.95 Å². The van der Waals surface area contributed by atoms with Crippen LogP contribution in [0.25, 0.3) is 27.9 Å². The Morgan fingerprint density at radius 3 is 2.66 bits per heavy atom. The second-order valence-corrected chi connectivity index (χ2v) is 6.98. The molecule has 3 heterocycles. The molecule has 0 saturated carbocycles. The van der Waals surface area contributed by atoms with Crippen molar-refractivity contribution in [3.05, 3.63) is 82.8 Å². The van der Waals surface area contributed by atoms with Gasteiger partial charge >= 0.3 is 0 Å². The number of anilines is 2. The maximum Gasteiger partial charge on any atom is 0.293 e. The van der Waals surface area contributed by atoms with E-state index in [0.717, 1.165) is 11.3 Å². The molecule has 0 radical (unpaired) electrons. The summed E-state index contributed by atoms with van der Waals surface area (Å²) in [5, 5.41) is 18.2. The van der Waals surface area contributed by atoms with Gasteiger partial charge in [0, 0.05) is 11.8 Å². The predicted octanol–water partition coefficient (Wildman–Crippen LogP) is 2.94. The largest absolute Gasteiger partial charge is 0.497 e. The highest BCUT2D eigenvalue weighted by Gasteiger charge is 2.17. The maximum atomic E-state index is 12.3. The molecule has 0 fully saturated rings. The van der Waals surface area contributed by atoms with E-state index in [1.807, 2.05) is 42.5 Å². The second-order valence-electron chi connectivity index (χ2n) is 6.98. The molecule has 2 aromatic carbocycles. The van der Waals surface area contributed by atoms with Gasteiger partial charge < -0.3 is 15.2 Å². The topological polar surface area (TPSA) is 115 Å². The zero-order chi connectivity index (χ0) is 22.1. The molecule has 0 spiro atoms. The number of rotatable bonds is 5. The summed E-state index contributed by atoms with van der Waals surface area (Å²) in [6, 6.07) is 17.8. The summed E-state index contributed by atoms with van der Waals surface area (Å²) in [6.07, 6.45) is 1.43. The SMILES string of the molecule is COc1ccc(-c2nc3c4c(CO)cccc4nc(Nc4ccccnc4=O)n3n2)cc1. The molecule has 5 aromatic rings. The molecule has 0 saturated heterocycles. The van der Waals surface area contributed by atoms with Gasteiger partial charge in [0.25, 0.3) is 5.56 Å². The minimum Gasteiger partial charge on any atom is -0.497 e. The molecule has 3 aromatic heterocycles. The van der Waals surface area contributed by atoms with Crippen LogP contribution in [0.3, 0.4) is 0 Å².